The molecule has 0 nitrogen and oxygen atoms in total. The number of hydrogen-bond acceptors (Lipinski definition) is 0. The van der Waals surface area contributed by atoms with Crippen LogP contribution < -0.4 is 0 Å². The first-order valence-corrected chi connectivity index (χ1v) is 5.83. The summed E-state index contributed by atoms with van der Waals surface area (Å²) in [6.07, 6.45) is 8.15. The highest BCUT2D eigenvalue weighted by molar-refractivity contribution is 7.17. The summed E-state index contributed by atoms with van der Waals surface area (Å²) in [5.41, 5.74) is 4.29. The zero-order valence-corrected chi connectivity index (χ0v) is 9.55. The Hall–Kier alpha value is 0.170. The van der Waals surface area contributed by atoms with Crippen molar-refractivity contribution >= 4 is 9.24 Å². The van der Waals surface area contributed by atoms with Crippen LogP contribution in [0, 0.1) is 0 Å². The highest BCUT2D eigenvalue weighted by atomic mass is 31.0. The molecule has 0 saturated heterocycles. The smallest absolute Gasteiger partial charge is 0.0224 e. The monoisotopic (exact) mass is 184 g/mol. The van der Waals surface area contributed by atoms with Gasteiger partial charge in [0.1, 0.15) is 0 Å². The number of unbranched alkanes of at least 4 members (excludes halogenated alkanes) is 1. The van der Waals surface area contributed by atoms with E-state index in [1.807, 2.05) is 0 Å². The van der Waals surface area contributed by atoms with Crippen molar-refractivity contribution in [3.8, 4) is 0 Å². The van der Waals surface area contributed by atoms with E-state index in [4.69, 9.17) is 0 Å². The standard InChI is InChI=1S/C11H21P/c1-3-4-5-10-6-7-11(12)8-9(10)2/h11H,3-8,12H2,1-2H3. The molecule has 1 rings (SSSR count). The minimum atomic E-state index is 0.857. The van der Waals surface area contributed by atoms with Crippen LogP contribution in [0.1, 0.15) is 52.4 Å². The van der Waals surface area contributed by atoms with Crippen molar-refractivity contribution in [1.29, 1.82) is 0 Å². The van der Waals surface area contributed by atoms with Gasteiger partial charge in [-0.05, 0) is 44.7 Å². The van der Waals surface area contributed by atoms with Gasteiger partial charge in [-0.2, -0.15) is 0 Å². The maximum Gasteiger partial charge on any atom is -0.0224 e. The minimum Gasteiger partial charge on any atom is -0.134 e. The van der Waals surface area contributed by atoms with E-state index in [1.165, 1.54) is 38.5 Å². The summed E-state index contributed by atoms with van der Waals surface area (Å²) in [5.74, 6) is 0. The maximum atomic E-state index is 2.96. The molecule has 0 saturated carbocycles. The van der Waals surface area contributed by atoms with E-state index in [0.717, 1.165) is 5.66 Å². The van der Waals surface area contributed by atoms with Gasteiger partial charge in [0.2, 0.25) is 0 Å². The highest BCUT2D eigenvalue weighted by Gasteiger charge is 2.14. The van der Waals surface area contributed by atoms with Gasteiger partial charge in [-0.25, -0.2) is 0 Å². The van der Waals surface area contributed by atoms with Gasteiger partial charge in [-0.1, -0.05) is 24.5 Å². The molecular formula is C11H21P. The minimum absolute atomic E-state index is 0.857. The van der Waals surface area contributed by atoms with E-state index in [1.54, 1.807) is 11.1 Å². The Morgan fingerprint density at radius 1 is 1.50 bits per heavy atom. The van der Waals surface area contributed by atoms with E-state index in [-0.39, 0.29) is 0 Å². The Kier molecular flexibility index (Phi) is 4.29. The van der Waals surface area contributed by atoms with E-state index >= 15 is 0 Å². The van der Waals surface area contributed by atoms with Crippen LogP contribution >= 0.6 is 9.24 Å². The largest absolute Gasteiger partial charge is 0.134 e. The Morgan fingerprint density at radius 2 is 2.25 bits per heavy atom. The molecule has 12 heavy (non-hydrogen) atoms. The second-order valence-electron chi connectivity index (χ2n) is 3.99. The van der Waals surface area contributed by atoms with Crippen LogP contribution in [0.5, 0.6) is 0 Å². The molecule has 0 bridgehead atoms. The molecule has 0 amide bonds. The molecule has 1 aliphatic rings. The lowest BCUT2D eigenvalue weighted by Crippen LogP contribution is -2.07. The first-order chi connectivity index (χ1) is 5.74. The fraction of sp³-hybridized carbons (Fsp3) is 0.818. The Labute approximate surface area is 79.0 Å². The average molecular weight is 184 g/mol. The summed E-state index contributed by atoms with van der Waals surface area (Å²) in [6, 6.07) is 0. The Morgan fingerprint density at radius 3 is 2.83 bits per heavy atom. The SMILES string of the molecule is CCCCC1=C(C)CC(P)CC1. The molecule has 0 aromatic heterocycles. The molecule has 0 aromatic rings. The van der Waals surface area contributed by atoms with Crippen molar-refractivity contribution in [2.24, 2.45) is 0 Å². The summed E-state index contributed by atoms with van der Waals surface area (Å²) < 4.78 is 0. The van der Waals surface area contributed by atoms with Crippen LogP contribution in [-0.4, -0.2) is 5.66 Å². The Bertz CT molecular complexity index is 170. The van der Waals surface area contributed by atoms with E-state index in [0.29, 0.717) is 0 Å². The molecule has 0 N–H and O–H groups in total. The first kappa shape index (κ1) is 10.3. The van der Waals surface area contributed by atoms with E-state index < -0.39 is 0 Å². The van der Waals surface area contributed by atoms with Crippen molar-refractivity contribution < 1.29 is 0 Å². The van der Waals surface area contributed by atoms with Gasteiger partial charge in [0.15, 0.2) is 0 Å². The Balaban J connectivity index is 2.45. The van der Waals surface area contributed by atoms with Gasteiger partial charge in [0, 0.05) is 0 Å². The lowest BCUT2D eigenvalue weighted by molar-refractivity contribution is 0.642. The molecule has 0 spiro atoms. The summed E-state index contributed by atoms with van der Waals surface area (Å²) in [7, 11) is 2.96. The zero-order chi connectivity index (χ0) is 8.97. The summed E-state index contributed by atoms with van der Waals surface area (Å²) in [6.45, 7) is 4.60. The normalized spacial score (nSPS) is 24.8. The number of rotatable bonds is 3. The van der Waals surface area contributed by atoms with Crippen LogP contribution in [0.2, 0.25) is 0 Å². The number of hydrogen-bond donors (Lipinski definition) is 0. The second-order valence-corrected chi connectivity index (χ2v) is 4.93. The fourth-order valence-corrected chi connectivity index (χ4v) is 2.46. The molecule has 2 unspecified atom stereocenters. The van der Waals surface area contributed by atoms with Crippen LogP contribution in [0.4, 0.5) is 0 Å². The van der Waals surface area contributed by atoms with Crippen LogP contribution in [0.25, 0.3) is 0 Å². The molecule has 2 atom stereocenters. The molecule has 0 heterocycles. The lowest BCUT2D eigenvalue weighted by atomic mass is 9.89. The zero-order valence-electron chi connectivity index (χ0n) is 8.40. The molecule has 0 aliphatic heterocycles. The van der Waals surface area contributed by atoms with Crippen LogP contribution in [0.15, 0.2) is 11.1 Å². The number of allylic oxidation sites excluding steroid dienone is 2. The van der Waals surface area contributed by atoms with Gasteiger partial charge < -0.3 is 0 Å². The van der Waals surface area contributed by atoms with Gasteiger partial charge in [0.05, 0.1) is 0 Å². The average Bonchev–Trinajstić information content (AvgIpc) is 2.03. The van der Waals surface area contributed by atoms with Crippen molar-refractivity contribution in [2.45, 2.75) is 58.0 Å². The molecule has 0 fully saturated rings. The second kappa shape index (κ2) is 5.02. The quantitative estimate of drug-likeness (QED) is 0.460. The van der Waals surface area contributed by atoms with Gasteiger partial charge in [-0.3, -0.25) is 0 Å². The third-order valence-corrected chi connectivity index (χ3v) is 3.39. The third kappa shape index (κ3) is 2.90. The fourth-order valence-electron chi connectivity index (χ4n) is 1.94. The molecule has 0 radical (unpaired) electrons. The van der Waals surface area contributed by atoms with Gasteiger partial charge in [0.25, 0.3) is 0 Å². The van der Waals surface area contributed by atoms with E-state index in [9.17, 15) is 0 Å². The van der Waals surface area contributed by atoms with Crippen molar-refractivity contribution in [3.63, 3.8) is 0 Å². The first-order valence-electron chi connectivity index (χ1n) is 5.17. The summed E-state index contributed by atoms with van der Waals surface area (Å²) in [4.78, 5) is 0. The topological polar surface area (TPSA) is 0 Å². The molecule has 0 aromatic carbocycles. The van der Waals surface area contributed by atoms with E-state index in [2.05, 4.69) is 23.1 Å². The van der Waals surface area contributed by atoms with Crippen LogP contribution in [0.3, 0.4) is 0 Å². The molecule has 1 heteroatoms. The maximum absolute atomic E-state index is 2.96. The lowest BCUT2D eigenvalue weighted by Gasteiger charge is -2.22. The van der Waals surface area contributed by atoms with Gasteiger partial charge in [-0.15, -0.1) is 9.24 Å². The van der Waals surface area contributed by atoms with Crippen molar-refractivity contribution in [3.05, 3.63) is 11.1 Å². The predicted molar refractivity (Wildman–Crippen MR) is 59.6 cm³/mol. The van der Waals surface area contributed by atoms with Gasteiger partial charge >= 0.3 is 0 Å². The van der Waals surface area contributed by atoms with Crippen LogP contribution in [-0.2, 0) is 0 Å². The molecule has 70 valence electrons. The third-order valence-electron chi connectivity index (χ3n) is 2.82. The summed E-state index contributed by atoms with van der Waals surface area (Å²) >= 11 is 0. The molecular weight excluding hydrogens is 163 g/mol. The van der Waals surface area contributed by atoms with Crippen molar-refractivity contribution in [1.82, 2.24) is 0 Å². The summed E-state index contributed by atoms with van der Waals surface area (Å²) in [5, 5.41) is 0. The highest BCUT2D eigenvalue weighted by Crippen LogP contribution is 2.31. The predicted octanol–water partition coefficient (Wildman–Crippen LogP) is 3.92. The van der Waals surface area contributed by atoms with Crippen molar-refractivity contribution in [2.75, 3.05) is 0 Å². The molecule has 1 aliphatic carbocycles.